The lowest BCUT2D eigenvalue weighted by Crippen LogP contribution is -2.50. The highest BCUT2D eigenvalue weighted by Crippen LogP contribution is 2.29. The maximum Gasteiger partial charge on any atom is 0.173 e. The van der Waals surface area contributed by atoms with Crippen LogP contribution in [0.5, 0.6) is 5.75 Å². The highest BCUT2D eigenvalue weighted by molar-refractivity contribution is 7.80. The normalized spacial score (nSPS) is 14.3. The number of aryl methyl sites for hydroxylation is 1. The first-order valence-corrected chi connectivity index (χ1v) is 9.60. The van der Waals surface area contributed by atoms with Crippen LogP contribution in [0.4, 0.5) is 11.4 Å². The summed E-state index contributed by atoms with van der Waals surface area (Å²) in [4.78, 5) is 4.62. The van der Waals surface area contributed by atoms with Crippen LogP contribution >= 0.6 is 12.2 Å². The third kappa shape index (κ3) is 4.10. The minimum Gasteiger partial charge on any atom is -0.492 e. The molecule has 0 aliphatic carbocycles. The number of ether oxygens (including phenoxy) is 1. The minimum absolute atomic E-state index is 0.681. The van der Waals surface area contributed by atoms with Crippen molar-refractivity contribution >= 4 is 28.7 Å². The zero-order valence-electron chi connectivity index (χ0n) is 15.8. The predicted molar refractivity (Wildman–Crippen MR) is 114 cm³/mol. The van der Waals surface area contributed by atoms with Crippen LogP contribution in [0.3, 0.4) is 0 Å². The van der Waals surface area contributed by atoms with Crippen molar-refractivity contribution in [3.8, 4) is 5.75 Å². The van der Waals surface area contributed by atoms with Gasteiger partial charge < -0.3 is 19.9 Å². The quantitative estimate of drug-likeness (QED) is 0.815. The van der Waals surface area contributed by atoms with Gasteiger partial charge in [0.15, 0.2) is 5.11 Å². The Morgan fingerprint density at radius 1 is 1.04 bits per heavy atom. The third-order valence-electron chi connectivity index (χ3n) is 4.92. The molecule has 1 aliphatic heterocycles. The lowest BCUT2D eigenvalue weighted by molar-refractivity contribution is 0.336. The minimum atomic E-state index is 0.681. The van der Waals surface area contributed by atoms with Gasteiger partial charge >= 0.3 is 0 Å². The van der Waals surface area contributed by atoms with Crippen molar-refractivity contribution in [1.29, 1.82) is 0 Å². The fourth-order valence-electron chi connectivity index (χ4n) is 3.23. The maximum absolute atomic E-state index is 5.77. The molecule has 0 bridgehead atoms. The topological polar surface area (TPSA) is 27.7 Å². The molecule has 2 aromatic carbocycles. The fourth-order valence-corrected chi connectivity index (χ4v) is 3.52. The summed E-state index contributed by atoms with van der Waals surface area (Å²) in [6.45, 7) is 10.6. The standard InChI is InChI=1S/C21H27N3OS/c1-4-25-20-11-6-5-10-19(20)23-12-14-24(15-13-23)21(26)22-18-9-7-8-16(2)17(18)3/h5-11H,4,12-15H2,1-3H3,(H,22,26). The molecule has 1 aliphatic rings. The van der Waals surface area contributed by atoms with E-state index in [0.29, 0.717) is 6.61 Å². The molecule has 0 aromatic heterocycles. The number of nitrogens with zero attached hydrogens (tertiary/aromatic N) is 2. The van der Waals surface area contributed by atoms with E-state index < -0.39 is 0 Å². The second kappa shape index (κ2) is 8.41. The Morgan fingerprint density at radius 3 is 2.50 bits per heavy atom. The van der Waals surface area contributed by atoms with E-state index in [0.717, 1.165) is 42.7 Å². The van der Waals surface area contributed by atoms with Gasteiger partial charge in [0, 0.05) is 31.9 Å². The van der Waals surface area contributed by atoms with E-state index in [9.17, 15) is 0 Å². The second-order valence-electron chi connectivity index (χ2n) is 6.55. The van der Waals surface area contributed by atoms with Gasteiger partial charge in [-0.25, -0.2) is 0 Å². The first-order chi connectivity index (χ1) is 12.6. The lowest BCUT2D eigenvalue weighted by atomic mass is 10.1. The molecule has 1 fully saturated rings. The molecule has 0 saturated carbocycles. The van der Waals surface area contributed by atoms with Crippen LogP contribution in [0.15, 0.2) is 42.5 Å². The molecular weight excluding hydrogens is 342 g/mol. The van der Waals surface area contributed by atoms with E-state index in [2.05, 4.69) is 59.3 Å². The average molecular weight is 370 g/mol. The molecule has 138 valence electrons. The molecule has 0 spiro atoms. The first kappa shape index (κ1) is 18.5. The van der Waals surface area contributed by atoms with Crippen molar-refractivity contribution in [3.05, 3.63) is 53.6 Å². The second-order valence-corrected chi connectivity index (χ2v) is 6.94. The molecule has 0 radical (unpaired) electrons. The molecule has 26 heavy (non-hydrogen) atoms. The molecule has 0 unspecified atom stereocenters. The summed E-state index contributed by atoms with van der Waals surface area (Å²) in [5.74, 6) is 0.958. The summed E-state index contributed by atoms with van der Waals surface area (Å²) in [6.07, 6.45) is 0. The van der Waals surface area contributed by atoms with Gasteiger partial charge in [0.05, 0.1) is 12.3 Å². The molecular formula is C21H27N3OS. The number of nitrogens with one attached hydrogen (secondary N) is 1. The first-order valence-electron chi connectivity index (χ1n) is 9.19. The van der Waals surface area contributed by atoms with E-state index in [1.165, 1.54) is 16.8 Å². The number of anilines is 2. The Hall–Kier alpha value is -2.27. The van der Waals surface area contributed by atoms with E-state index in [4.69, 9.17) is 17.0 Å². The summed E-state index contributed by atoms with van der Waals surface area (Å²) in [7, 11) is 0. The highest BCUT2D eigenvalue weighted by Gasteiger charge is 2.21. The van der Waals surface area contributed by atoms with E-state index in [-0.39, 0.29) is 0 Å². The Labute approximate surface area is 161 Å². The summed E-state index contributed by atoms with van der Waals surface area (Å²) in [5, 5.41) is 4.22. The molecule has 1 N–H and O–H groups in total. The van der Waals surface area contributed by atoms with Gasteiger partial charge in [-0.15, -0.1) is 0 Å². The number of hydrogen-bond donors (Lipinski definition) is 1. The van der Waals surface area contributed by atoms with Gasteiger partial charge in [-0.05, 0) is 62.3 Å². The van der Waals surface area contributed by atoms with Crippen molar-refractivity contribution in [1.82, 2.24) is 4.90 Å². The Morgan fingerprint density at radius 2 is 1.77 bits per heavy atom. The average Bonchev–Trinajstić information content (AvgIpc) is 2.66. The maximum atomic E-state index is 5.77. The van der Waals surface area contributed by atoms with Gasteiger partial charge in [-0.2, -0.15) is 0 Å². The van der Waals surface area contributed by atoms with Gasteiger partial charge in [0.1, 0.15) is 5.75 Å². The van der Waals surface area contributed by atoms with Crippen LogP contribution in [-0.2, 0) is 0 Å². The van der Waals surface area contributed by atoms with Crippen LogP contribution in [0.25, 0.3) is 0 Å². The SMILES string of the molecule is CCOc1ccccc1N1CCN(C(=S)Nc2cccc(C)c2C)CC1. The summed E-state index contributed by atoms with van der Waals surface area (Å²) < 4.78 is 5.77. The van der Waals surface area contributed by atoms with Crippen molar-refractivity contribution in [2.75, 3.05) is 43.0 Å². The summed E-state index contributed by atoms with van der Waals surface area (Å²) >= 11 is 5.65. The van der Waals surface area contributed by atoms with Crippen LogP contribution in [0, 0.1) is 13.8 Å². The molecule has 5 heteroatoms. The van der Waals surface area contributed by atoms with Crippen molar-refractivity contribution in [2.45, 2.75) is 20.8 Å². The van der Waals surface area contributed by atoms with E-state index in [1.54, 1.807) is 0 Å². The van der Waals surface area contributed by atoms with Gasteiger partial charge in [0.2, 0.25) is 0 Å². The smallest absolute Gasteiger partial charge is 0.173 e. The molecule has 0 atom stereocenters. The molecule has 4 nitrogen and oxygen atoms in total. The number of benzene rings is 2. The number of rotatable bonds is 4. The summed E-state index contributed by atoms with van der Waals surface area (Å²) in [6, 6.07) is 14.5. The largest absolute Gasteiger partial charge is 0.492 e. The Kier molecular flexibility index (Phi) is 5.99. The molecule has 1 saturated heterocycles. The monoisotopic (exact) mass is 369 g/mol. The molecule has 2 aromatic rings. The predicted octanol–water partition coefficient (Wildman–Crippen LogP) is 4.22. The van der Waals surface area contributed by atoms with E-state index in [1.807, 2.05) is 19.1 Å². The summed E-state index contributed by atoms with van der Waals surface area (Å²) in [5.41, 5.74) is 4.79. The zero-order valence-corrected chi connectivity index (χ0v) is 16.6. The van der Waals surface area contributed by atoms with Crippen molar-refractivity contribution in [3.63, 3.8) is 0 Å². The third-order valence-corrected chi connectivity index (χ3v) is 5.28. The highest BCUT2D eigenvalue weighted by atomic mass is 32.1. The van der Waals surface area contributed by atoms with Crippen LogP contribution in [0.1, 0.15) is 18.1 Å². The lowest BCUT2D eigenvalue weighted by Gasteiger charge is -2.38. The Bertz CT molecular complexity index is 770. The molecule has 3 rings (SSSR count). The molecule has 1 heterocycles. The van der Waals surface area contributed by atoms with Crippen LogP contribution in [-0.4, -0.2) is 42.8 Å². The van der Waals surface area contributed by atoms with Crippen molar-refractivity contribution in [2.24, 2.45) is 0 Å². The van der Waals surface area contributed by atoms with Gasteiger partial charge in [-0.1, -0.05) is 24.3 Å². The van der Waals surface area contributed by atoms with Crippen molar-refractivity contribution < 1.29 is 4.74 Å². The molecule has 0 amide bonds. The number of para-hydroxylation sites is 2. The van der Waals surface area contributed by atoms with Gasteiger partial charge in [-0.3, -0.25) is 0 Å². The zero-order chi connectivity index (χ0) is 18.5. The van der Waals surface area contributed by atoms with Crippen LogP contribution < -0.4 is 15.0 Å². The number of hydrogen-bond acceptors (Lipinski definition) is 3. The fraction of sp³-hybridized carbons (Fsp3) is 0.381. The van der Waals surface area contributed by atoms with E-state index >= 15 is 0 Å². The number of thiocarbonyl (C=S) groups is 1. The van der Waals surface area contributed by atoms with Crippen LogP contribution in [0.2, 0.25) is 0 Å². The Balaban J connectivity index is 1.62. The number of piperazine rings is 1. The van der Waals surface area contributed by atoms with Gasteiger partial charge in [0.25, 0.3) is 0 Å².